The minimum Gasteiger partial charge on any atom is -0.386 e. The quantitative estimate of drug-likeness (QED) is 0.734. The van der Waals surface area contributed by atoms with Crippen LogP contribution < -0.4 is 0 Å². The Labute approximate surface area is 83.7 Å². The Kier molecular flexibility index (Phi) is 3.28. The third kappa shape index (κ3) is 2.98. The van der Waals surface area contributed by atoms with Crippen molar-refractivity contribution in [3.8, 4) is 0 Å². The van der Waals surface area contributed by atoms with E-state index >= 15 is 0 Å². The second-order valence-corrected chi connectivity index (χ2v) is 4.59. The van der Waals surface area contributed by atoms with Gasteiger partial charge in [-0.25, -0.2) is 0 Å². The zero-order valence-corrected chi connectivity index (χ0v) is 9.03. The van der Waals surface area contributed by atoms with Crippen LogP contribution in [-0.2, 0) is 6.42 Å². The first-order chi connectivity index (χ1) is 6.05. The van der Waals surface area contributed by atoms with Crippen LogP contribution in [0.2, 0.25) is 0 Å². The second-order valence-electron chi connectivity index (χ2n) is 3.59. The van der Waals surface area contributed by atoms with Crippen molar-refractivity contribution >= 4 is 11.3 Å². The van der Waals surface area contributed by atoms with Crippen molar-refractivity contribution in [2.75, 3.05) is 0 Å². The molecule has 0 aliphatic rings. The van der Waals surface area contributed by atoms with Gasteiger partial charge in [0.1, 0.15) is 0 Å². The first kappa shape index (κ1) is 10.5. The van der Waals surface area contributed by atoms with E-state index in [1.54, 1.807) is 24.3 Å². The molecule has 0 bridgehead atoms. The molecule has 1 unspecified atom stereocenters. The molecule has 0 spiro atoms. The molecule has 1 N–H and O–H groups in total. The van der Waals surface area contributed by atoms with E-state index in [4.69, 9.17) is 0 Å². The highest BCUT2D eigenvalue weighted by molar-refractivity contribution is 7.10. The van der Waals surface area contributed by atoms with Gasteiger partial charge in [0.2, 0.25) is 0 Å². The van der Waals surface area contributed by atoms with Crippen LogP contribution in [0.4, 0.5) is 0 Å². The summed E-state index contributed by atoms with van der Waals surface area (Å²) in [5.41, 5.74) is 0.598. The second kappa shape index (κ2) is 4.07. The van der Waals surface area contributed by atoms with Gasteiger partial charge in [-0.3, -0.25) is 0 Å². The summed E-state index contributed by atoms with van der Waals surface area (Å²) in [4.78, 5) is 1.36. The third-order valence-electron chi connectivity index (χ3n) is 2.27. The predicted molar refractivity (Wildman–Crippen MR) is 58.2 cm³/mol. The topological polar surface area (TPSA) is 20.2 Å². The summed E-state index contributed by atoms with van der Waals surface area (Å²) in [7, 11) is 0. The van der Waals surface area contributed by atoms with Crippen LogP contribution in [-0.4, -0.2) is 10.7 Å². The molecule has 1 rings (SSSR count). The Bertz CT molecular complexity index is 286. The van der Waals surface area contributed by atoms with Crippen molar-refractivity contribution in [2.45, 2.75) is 32.3 Å². The summed E-state index contributed by atoms with van der Waals surface area (Å²) in [5, 5.41) is 11.8. The number of rotatable bonds is 4. The molecule has 1 nitrogen and oxygen atoms in total. The molecule has 1 aromatic rings. The van der Waals surface area contributed by atoms with Gasteiger partial charge in [-0.15, -0.1) is 17.9 Å². The van der Waals surface area contributed by atoms with Gasteiger partial charge >= 0.3 is 0 Å². The fourth-order valence-electron chi connectivity index (χ4n) is 1.13. The van der Waals surface area contributed by atoms with E-state index in [0.29, 0.717) is 0 Å². The van der Waals surface area contributed by atoms with Gasteiger partial charge < -0.3 is 5.11 Å². The van der Waals surface area contributed by atoms with Crippen LogP contribution in [0.25, 0.3) is 0 Å². The van der Waals surface area contributed by atoms with Gasteiger partial charge in [0, 0.05) is 4.88 Å². The fraction of sp³-hybridized carbons (Fsp3) is 0.455. The minimum absolute atomic E-state index is 0.726. The van der Waals surface area contributed by atoms with Crippen LogP contribution in [0.15, 0.2) is 24.1 Å². The summed E-state index contributed by atoms with van der Waals surface area (Å²) in [6.45, 7) is 7.51. The van der Waals surface area contributed by atoms with E-state index < -0.39 is 5.60 Å². The standard InChI is InChI=1S/C11H16OS/c1-4-11(3,12)7-5-10-9(2)6-8-13-10/h4,6,8,12H,1,5,7H2,2-3H3. The Morgan fingerprint density at radius 2 is 2.38 bits per heavy atom. The number of hydrogen-bond acceptors (Lipinski definition) is 2. The van der Waals surface area contributed by atoms with Gasteiger partial charge in [-0.1, -0.05) is 6.08 Å². The van der Waals surface area contributed by atoms with E-state index in [-0.39, 0.29) is 0 Å². The summed E-state index contributed by atoms with van der Waals surface area (Å²) < 4.78 is 0. The molecule has 0 fully saturated rings. The Hall–Kier alpha value is -0.600. The Morgan fingerprint density at radius 1 is 1.69 bits per heavy atom. The molecule has 1 heterocycles. The van der Waals surface area contributed by atoms with Crippen LogP contribution in [0.5, 0.6) is 0 Å². The molecule has 0 saturated heterocycles. The van der Waals surface area contributed by atoms with Crippen molar-refractivity contribution in [3.05, 3.63) is 34.5 Å². The van der Waals surface area contributed by atoms with E-state index in [9.17, 15) is 5.11 Å². The first-order valence-electron chi connectivity index (χ1n) is 4.44. The van der Waals surface area contributed by atoms with Gasteiger partial charge in [-0.05, 0) is 43.7 Å². The Morgan fingerprint density at radius 3 is 2.85 bits per heavy atom. The van der Waals surface area contributed by atoms with Gasteiger partial charge in [-0.2, -0.15) is 0 Å². The smallest absolute Gasteiger partial charge is 0.0800 e. The molecule has 0 amide bonds. The molecule has 1 atom stereocenters. The summed E-state index contributed by atoms with van der Waals surface area (Å²) in [5.74, 6) is 0. The first-order valence-corrected chi connectivity index (χ1v) is 5.32. The van der Waals surface area contributed by atoms with Crippen molar-refractivity contribution < 1.29 is 5.11 Å². The van der Waals surface area contributed by atoms with Crippen LogP contribution >= 0.6 is 11.3 Å². The molecule has 2 heteroatoms. The Balaban J connectivity index is 2.53. The molecule has 72 valence electrons. The third-order valence-corrected chi connectivity index (χ3v) is 3.35. The highest BCUT2D eigenvalue weighted by atomic mass is 32.1. The normalized spacial score (nSPS) is 15.3. The van der Waals surface area contributed by atoms with Gasteiger partial charge in [0.15, 0.2) is 0 Å². The number of hydrogen-bond donors (Lipinski definition) is 1. The molecule has 13 heavy (non-hydrogen) atoms. The van der Waals surface area contributed by atoms with Crippen molar-refractivity contribution in [3.63, 3.8) is 0 Å². The maximum atomic E-state index is 9.70. The highest BCUT2D eigenvalue weighted by Gasteiger charge is 2.15. The maximum Gasteiger partial charge on any atom is 0.0800 e. The number of aryl methyl sites for hydroxylation is 2. The van der Waals surface area contributed by atoms with E-state index in [0.717, 1.165) is 12.8 Å². The molecule has 1 aromatic heterocycles. The molecular weight excluding hydrogens is 180 g/mol. The predicted octanol–water partition coefficient (Wildman–Crippen LogP) is 2.93. The lowest BCUT2D eigenvalue weighted by Crippen LogP contribution is -2.20. The monoisotopic (exact) mass is 196 g/mol. The lowest BCUT2D eigenvalue weighted by molar-refractivity contribution is 0.103. The molecule has 0 aliphatic heterocycles. The molecule has 0 saturated carbocycles. The fourth-order valence-corrected chi connectivity index (χ4v) is 2.04. The molecular formula is C11H16OS. The lowest BCUT2D eigenvalue weighted by atomic mass is 9.99. The minimum atomic E-state index is -0.726. The average molecular weight is 196 g/mol. The average Bonchev–Trinajstić information content (AvgIpc) is 2.48. The SMILES string of the molecule is C=CC(C)(O)CCc1sccc1C. The maximum absolute atomic E-state index is 9.70. The number of thiophene rings is 1. The zero-order valence-electron chi connectivity index (χ0n) is 8.21. The van der Waals surface area contributed by atoms with E-state index in [1.807, 2.05) is 0 Å². The van der Waals surface area contributed by atoms with Gasteiger partial charge in [0.05, 0.1) is 5.60 Å². The van der Waals surface area contributed by atoms with Crippen LogP contribution in [0.1, 0.15) is 23.8 Å². The molecule has 0 aliphatic carbocycles. The highest BCUT2D eigenvalue weighted by Crippen LogP contribution is 2.21. The number of aliphatic hydroxyl groups is 1. The summed E-state index contributed by atoms with van der Waals surface area (Å²) in [6, 6.07) is 2.11. The summed E-state index contributed by atoms with van der Waals surface area (Å²) >= 11 is 1.76. The van der Waals surface area contributed by atoms with Gasteiger partial charge in [0.25, 0.3) is 0 Å². The molecule has 0 radical (unpaired) electrons. The van der Waals surface area contributed by atoms with E-state index in [2.05, 4.69) is 24.9 Å². The van der Waals surface area contributed by atoms with Crippen molar-refractivity contribution in [2.24, 2.45) is 0 Å². The van der Waals surface area contributed by atoms with Crippen LogP contribution in [0.3, 0.4) is 0 Å². The zero-order chi connectivity index (χ0) is 9.90. The van der Waals surface area contributed by atoms with Crippen LogP contribution in [0, 0.1) is 6.92 Å². The largest absolute Gasteiger partial charge is 0.386 e. The van der Waals surface area contributed by atoms with Crippen molar-refractivity contribution in [1.29, 1.82) is 0 Å². The lowest BCUT2D eigenvalue weighted by Gasteiger charge is -2.17. The van der Waals surface area contributed by atoms with E-state index in [1.165, 1.54) is 10.4 Å². The summed E-state index contributed by atoms with van der Waals surface area (Å²) in [6.07, 6.45) is 3.29. The van der Waals surface area contributed by atoms with Crippen molar-refractivity contribution in [1.82, 2.24) is 0 Å². The molecule has 0 aromatic carbocycles.